The van der Waals surface area contributed by atoms with Gasteiger partial charge in [-0.25, -0.2) is 8.42 Å². The van der Waals surface area contributed by atoms with Crippen LogP contribution in [-0.2, 0) is 19.4 Å². The Morgan fingerprint density at radius 2 is 1.74 bits per heavy atom. The molecule has 0 bridgehead atoms. The predicted octanol–water partition coefficient (Wildman–Crippen LogP) is 0.335. The SMILES string of the molecule is COC(=O)CN(C)C(=O)c1ccc(S(C)(=O)=O)cc1. The third-order valence-electron chi connectivity index (χ3n) is 2.47. The van der Waals surface area contributed by atoms with E-state index in [1.807, 2.05) is 0 Å². The zero-order valence-electron chi connectivity index (χ0n) is 10.9. The van der Waals surface area contributed by atoms with Crippen LogP contribution >= 0.6 is 0 Å². The van der Waals surface area contributed by atoms with Crippen LogP contribution in [0.3, 0.4) is 0 Å². The van der Waals surface area contributed by atoms with E-state index in [1.165, 1.54) is 43.3 Å². The first-order chi connectivity index (χ1) is 8.75. The standard InChI is InChI=1S/C12H15NO5S/c1-13(8-11(14)18-2)12(15)9-4-6-10(7-5-9)19(3,16)17/h4-7H,8H2,1-3H3. The molecule has 1 rings (SSSR count). The number of carbonyl (C=O) groups is 2. The van der Waals surface area contributed by atoms with Gasteiger partial charge in [0.15, 0.2) is 9.84 Å². The number of methoxy groups -OCH3 is 1. The van der Waals surface area contributed by atoms with Gasteiger partial charge in [-0.15, -0.1) is 0 Å². The Hall–Kier alpha value is -1.89. The van der Waals surface area contributed by atoms with Crippen LogP contribution in [-0.4, -0.2) is 52.2 Å². The fourth-order valence-electron chi connectivity index (χ4n) is 1.40. The number of benzene rings is 1. The van der Waals surface area contributed by atoms with Crippen LogP contribution in [0.1, 0.15) is 10.4 Å². The van der Waals surface area contributed by atoms with Crippen molar-refractivity contribution in [2.24, 2.45) is 0 Å². The number of esters is 1. The lowest BCUT2D eigenvalue weighted by atomic mass is 10.2. The normalized spacial score (nSPS) is 10.9. The Morgan fingerprint density at radius 1 is 1.21 bits per heavy atom. The maximum atomic E-state index is 11.9. The van der Waals surface area contributed by atoms with Crippen LogP contribution in [0.2, 0.25) is 0 Å². The Bertz CT molecular complexity index is 577. The molecule has 0 radical (unpaired) electrons. The number of rotatable bonds is 4. The van der Waals surface area contributed by atoms with Gasteiger partial charge in [0.05, 0.1) is 12.0 Å². The summed E-state index contributed by atoms with van der Waals surface area (Å²) in [6, 6.07) is 5.53. The second-order valence-electron chi connectivity index (χ2n) is 4.03. The molecule has 1 aromatic carbocycles. The summed E-state index contributed by atoms with van der Waals surface area (Å²) in [5.41, 5.74) is 0.304. The van der Waals surface area contributed by atoms with E-state index in [2.05, 4.69) is 4.74 Å². The number of hydrogen-bond acceptors (Lipinski definition) is 5. The molecule has 0 saturated carbocycles. The van der Waals surface area contributed by atoms with Gasteiger partial charge in [-0.05, 0) is 24.3 Å². The van der Waals surface area contributed by atoms with Gasteiger partial charge >= 0.3 is 5.97 Å². The van der Waals surface area contributed by atoms with Crippen molar-refractivity contribution in [2.45, 2.75) is 4.90 Å². The molecule has 0 saturated heterocycles. The summed E-state index contributed by atoms with van der Waals surface area (Å²) >= 11 is 0. The fraction of sp³-hybridized carbons (Fsp3) is 0.333. The molecular weight excluding hydrogens is 270 g/mol. The second-order valence-corrected chi connectivity index (χ2v) is 6.05. The van der Waals surface area contributed by atoms with E-state index in [4.69, 9.17) is 0 Å². The summed E-state index contributed by atoms with van der Waals surface area (Å²) in [6.45, 7) is -0.164. The molecule has 0 aliphatic carbocycles. The van der Waals surface area contributed by atoms with E-state index in [-0.39, 0.29) is 17.3 Å². The second kappa shape index (κ2) is 5.83. The largest absolute Gasteiger partial charge is 0.468 e. The topological polar surface area (TPSA) is 80.8 Å². The van der Waals surface area contributed by atoms with Crippen molar-refractivity contribution in [3.8, 4) is 0 Å². The highest BCUT2D eigenvalue weighted by atomic mass is 32.2. The first-order valence-electron chi connectivity index (χ1n) is 5.38. The fourth-order valence-corrected chi connectivity index (χ4v) is 2.03. The smallest absolute Gasteiger partial charge is 0.325 e. The number of hydrogen-bond donors (Lipinski definition) is 0. The summed E-state index contributed by atoms with van der Waals surface area (Å²) < 4.78 is 27.0. The zero-order valence-corrected chi connectivity index (χ0v) is 11.7. The number of carbonyl (C=O) groups excluding carboxylic acids is 2. The van der Waals surface area contributed by atoms with Crippen LogP contribution in [0.5, 0.6) is 0 Å². The third-order valence-corrected chi connectivity index (χ3v) is 3.60. The lowest BCUT2D eigenvalue weighted by molar-refractivity contribution is -0.141. The lowest BCUT2D eigenvalue weighted by Crippen LogP contribution is -2.32. The van der Waals surface area contributed by atoms with Gasteiger partial charge in [0.25, 0.3) is 5.91 Å². The summed E-state index contributed by atoms with van der Waals surface area (Å²) in [7, 11) is -0.588. The number of sulfone groups is 1. The van der Waals surface area contributed by atoms with Crippen molar-refractivity contribution in [1.29, 1.82) is 0 Å². The van der Waals surface area contributed by atoms with Crippen LogP contribution in [0.15, 0.2) is 29.2 Å². The van der Waals surface area contributed by atoms with Crippen LogP contribution in [0.4, 0.5) is 0 Å². The summed E-state index contributed by atoms with van der Waals surface area (Å²) in [5, 5.41) is 0. The van der Waals surface area contributed by atoms with E-state index < -0.39 is 15.8 Å². The maximum Gasteiger partial charge on any atom is 0.325 e. The summed E-state index contributed by atoms with van der Waals surface area (Å²) in [4.78, 5) is 24.3. The van der Waals surface area contributed by atoms with Crippen molar-refractivity contribution in [1.82, 2.24) is 4.90 Å². The molecule has 0 aromatic heterocycles. The predicted molar refractivity (Wildman–Crippen MR) is 68.5 cm³/mol. The van der Waals surface area contributed by atoms with Gasteiger partial charge < -0.3 is 9.64 Å². The molecule has 6 nitrogen and oxygen atoms in total. The Kier molecular flexibility index (Phi) is 4.66. The Labute approximate surface area is 111 Å². The molecule has 0 N–H and O–H groups in total. The highest BCUT2D eigenvalue weighted by molar-refractivity contribution is 7.90. The number of nitrogens with zero attached hydrogens (tertiary/aromatic N) is 1. The molecule has 0 atom stereocenters. The molecule has 0 aliphatic heterocycles. The molecule has 104 valence electrons. The number of amides is 1. The van der Waals surface area contributed by atoms with Gasteiger partial charge in [0.1, 0.15) is 6.54 Å². The van der Waals surface area contributed by atoms with Gasteiger partial charge in [0.2, 0.25) is 0 Å². The molecule has 19 heavy (non-hydrogen) atoms. The first kappa shape index (κ1) is 15.2. The van der Waals surface area contributed by atoms with E-state index in [9.17, 15) is 18.0 Å². The van der Waals surface area contributed by atoms with Crippen LogP contribution in [0, 0.1) is 0 Å². The Balaban J connectivity index is 2.87. The van der Waals surface area contributed by atoms with Gasteiger partial charge in [-0.1, -0.05) is 0 Å². The van der Waals surface area contributed by atoms with Crippen molar-refractivity contribution < 1.29 is 22.7 Å². The van der Waals surface area contributed by atoms with Crippen molar-refractivity contribution >= 4 is 21.7 Å². The summed E-state index contributed by atoms with van der Waals surface area (Å²) in [5.74, 6) is -0.908. The van der Waals surface area contributed by atoms with Crippen LogP contribution < -0.4 is 0 Å². The number of ether oxygens (including phenoxy) is 1. The highest BCUT2D eigenvalue weighted by Gasteiger charge is 2.16. The van der Waals surface area contributed by atoms with Gasteiger partial charge in [-0.2, -0.15) is 0 Å². The summed E-state index contributed by atoms with van der Waals surface area (Å²) in [6.07, 6.45) is 1.09. The van der Waals surface area contributed by atoms with E-state index in [0.717, 1.165) is 6.26 Å². The minimum Gasteiger partial charge on any atom is -0.468 e. The average molecular weight is 285 g/mol. The minimum atomic E-state index is -3.29. The van der Waals surface area contributed by atoms with Crippen molar-refractivity contribution in [3.63, 3.8) is 0 Å². The van der Waals surface area contributed by atoms with Gasteiger partial charge in [0, 0.05) is 18.9 Å². The Morgan fingerprint density at radius 3 is 2.16 bits per heavy atom. The van der Waals surface area contributed by atoms with Crippen molar-refractivity contribution in [2.75, 3.05) is 27.0 Å². The molecule has 0 heterocycles. The molecule has 0 aliphatic rings. The van der Waals surface area contributed by atoms with E-state index in [1.54, 1.807) is 0 Å². The molecule has 0 fully saturated rings. The average Bonchev–Trinajstić information content (AvgIpc) is 2.36. The zero-order chi connectivity index (χ0) is 14.6. The molecule has 1 amide bonds. The van der Waals surface area contributed by atoms with Crippen LogP contribution in [0.25, 0.3) is 0 Å². The first-order valence-corrected chi connectivity index (χ1v) is 7.27. The van der Waals surface area contributed by atoms with Gasteiger partial charge in [-0.3, -0.25) is 9.59 Å². The van der Waals surface area contributed by atoms with E-state index in [0.29, 0.717) is 5.56 Å². The monoisotopic (exact) mass is 285 g/mol. The molecule has 0 spiro atoms. The maximum absolute atomic E-state index is 11.9. The third kappa shape index (κ3) is 4.06. The van der Waals surface area contributed by atoms with E-state index >= 15 is 0 Å². The molecule has 7 heteroatoms. The number of likely N-dealkylation sites (N-methyl/N-ethyl adjacent to an activating group) is 1. The van der Waals surface area contributed by atoms with Crippen molar-refractivity contribution in [3.05, 3.63) is 29.8 Å². The lowest BCUT2D eigenvalue weighted by Gasteiger charge is -2.15. The molecular formula is C12H15NO5S. The highest BCUT2D eigenvalue weighted by Crippen LogP contribution is 2.11. The molecule has 0 unspecified atom stereocenters. The molecule has 1 aromatic rings. The minimum absolute atomic E-state index is 0.139. The quantitative estimate of drug-likeness (QED) is 0.745.